The molecule has 0 atom stereocenters. The van der Waals surface area contributed by atoms with Crippen LogP contribution in [0, 0.1) is 0 Å². The van der Waals surface area contributed by atoms with Crippen LogP contribution in [0.4, 0.5) is 0 Å². The Labute approximate surface area is 66.4 Å². The molecular formula is C9H12N2. The molecule has 1 aliphatic rings. The van der Waals surface area contributed by atoms with Crippen molar-refractivity contribution in [3.8, 4) is 0 Å². The van der Waals surface area contributed by atoms with Crippen LogP contribution in [0.1, 0.15) is 24.8 Å². The third-order valence-corrected chi connectivity index (χ3v) is 2.48. The van der Waals surface area contributed by atoms with Gasteiger partial charge >= 0.3 is 0 Å². The molecular weight excluding hydrogens is 136 g/mol. The number of hydrogen-bond acceptors (Lipinski definition) is 2. The third-order valence-electron chi connectivity index (χ3n) is 2.48. The van der Waals surface area contributed by atoms with Crippen LogP contribution in [0.2, 0.25) is 0 Å². The quantitative estimate of drug-likeness (QED) is 0.654. The van der Waals surface area contributed by atoms with Gasteiger partial charge in [0.25, 0.3) is 0 Å². The summed E-state index contributed by atoms with van der Waals surface area (Å²) in [6, 6.07) is 4.01. The zero-order chi connectivity index (χ0) is 7.73. The van der Waals surface area contributed by atoms with Crippen LogP contribution in [0.15, 0.2) is 24.5 Å². The fraction of sp³-hybridized carbons (Fsp3) is 0.444. The minimum Gasteiger partial charge on any atom is -0.321 e. The van der Waals surface area contributed by atoms with Crippen LogP contribution >= 0.6 is 0 Å². The summed E-state index contributed by atoms with van der Waals surface area (Å²) in [4.78, 5) is 4.05. The van der Waals surface area contributed by atoms with Crippen molar-refractivity contribution in [3.63, 3.8) is 0 Å². The largest absolute Gasteiger partial charge is 0.321 e. The molecule has 1 fully saturated rings. The van der Waals surface area contributed by atoms with Crippen LogP contribution in [-0.2, 0) is 5.54 Å². The van der Waals surface area contributed by atoms with Crippen molar-refractivity contribution >= 4 is 0 Å². The van der Waals surface area contributed by atoms with Crippen molar-refractivity contribution in [2.24, 2.45) is 5.73 Å². The van der Waals surface area contributed by atoms with Gasteiger partial charge in [0.1, 0.15) is 0 Å². The topological polar surface area (TPSA) is 38.9 Å². The Bertz CT molecular complexity index is 239. The Kier molecular flexibility index (Phi) is 1.43. The summed E-state index contributed by atoms with van der Waals surface area (Å²) in [5.41, 5.74) is 7.22. The highest BCUT2D eigenvalue weighted by molar-refractivity contribution is 5.22. The van der Waals surface area contributed by atoms with E-state index in [1.54, 1.807) is 6.20 Å². The number of pyridine rings is 1. The second-order valence-electron chi connectivity index (χ2n) is 3.25. The Morgan fingerprint density at radius 3 is 2.73 bits per heavy atom. The van der Waals surface area contributed by atoms with Gasteiger partial charge in [-0.3, -0.25) is 4.98 Å². The average molecular weight is 148 g/mol. The standard InChI is InChI=1S/C9H12N2/c10-9(4-2-5-9)8-3-1-6-11-7-8/h1,3,6-7H,2,4-5,10H2. The van der Waals surface area contributed by atoms with Gasteiger partial charge in [0.15, 0.2) is 0 Å². The zero-order valence-corrected chi connectivity index (χ0v) is 6.46. The minimum atomic E-state index is -0.0474. The molecule has 2 N–H and O–H groups in total. The van der Waals surface area contributed by atoms with Gasteiger partial charge in [-0.25, -0.2) is 0 Å². The normalized spacial score (nSPS) is 20.8. The molecule has 1 saturated carbocycles. The first-order valence-corrected chi connectivity index (χ1v) is 4.01. The van der Waals surface area contributed by atoms with Gasteiger partial charge in [-0.15, -0.1) is 0 Å². The van der Waals surface area contributed by atoms with Crippen molar-refractivity contribution in [2.75, 3.05) is 0 Å². The highest BCUT2D eigenvalue weighted by Crippen LogP contribution is 2.37. The fourth-order valence-electron chi connectivity index (χ4n) is 1.50. The summed E-state index contributed by atoms with van der Waals surface area (Å²) in [5, 5.41) is 0. The Balaban J connectivity index is 2.29. The smallest absolute Gasteiger partial charge is 0.0425 e. The molecule has 2 rings (SSSR count). The second kappa shape index (κ2) is 2.31. The van der Waals surface area contributed by atoms with E-state index in [2.05, 4.69) is 11.1 Å². The van der Waals surface area contributed by atoms with Gasteiger partial charge in [0, 0.05) is 17.9 Å². The van der Waals surface area contributed by atoms with Gasteiger partial charge in [0.05, 0.1) is 0 Å². The van der Waals surface area contributed by atoms with Crippen LogP contribution in [-0.4, -0.2) is 4.98 Å². The summed E-state index contributed by atoms with van der Waals surface area (Å²) in [6.45, 7) is 0. The first-order chi connectivity index (χ1) is 5.31. The van der Waals surface area contributed by atoms with Crippen LogP contribution in [0.25, 0.3) is 0 Å². The van der Waals surface area contributed by atoms with Gasteiger partial charge in [-0.2, -0.15) is 0 Å². The lowest BCUT2D eigenvalue weighted by Gasteiger charge is -2.38. The predicted molar refractivity (Wildman–Crippen MR) is 44.0 cm³/mol. The van der Waals surface area contributed by atoms with Gasteiger partial charge < -0.3 is 5.73 Å². The SMILES string of the molecule is NC1(c2cccnc2)CCC1. The zero-order valence-electron chi connectivity index (χ0n) is 6.46. The lowest BCUT2D eigenvalue weighted by molar-refractivity contribution is 0.253. The monoisotopic (exact) mass is 148 g/mol. The molecule has 0 aromatic carbocycles. The molecule has 0 bridgehead atoms. The van der Waals surface area contributed by atoms with Crippen molar-refractivity contribution in [1.82, 2.24) is 4.98 Å². The number of hydrogen-bond donors (Lipinski definition) is 1. The van der Waals surface area contributed by atoms with Gasteiger partial charge in [0.2, 0.25) is 0 Å². The predicted octanol–water partition coefficient (Wildman–Crippen LogP) is 1.42. The maximum absolute atomic E-state index is 6.08. The number of nitrogens with two attached hydrogens (primary N) is 1. The Hall–Kier alpha value is -0.890. The van der Waals surface area contributed by atoms with Gasteiger partial charge in [-0.1, -0.05) is 6.07 Å². The van der Waals surface area contributed by atoms with Crippen molar-refractivity contribution in [1.29, 1.82) is 0 Å². The summed E-state index contributed by atoms with van der Waals surface area (Å²) >= 11 is 0. The summed E-state index contributed by atoms with van der Waals surface area (Å²) < 4.78 is 0. The van der Waals surface area contributed by atoms with E-state index >= 15 is 0 Å². The molecule has 58 valence electrons. The second-order valence-corrected chi connectivity index (χ2v) is 3.25. The maximum atomic E-state index is 6.08. The minimum absolute atomic E-state index is 0.0474. The maximum Gasteiger partial charge on any atom is 0.0425 e. The number of rotatable bonds is 1. The average Bonchev–Trinajstić information content (AvgIpc) is 2.02. The molecule has 2 heteroatoms. The fourth-order valence-corrected chi connectivity index (χ4v) is 1.50. The molecule has 0 saturated heterocycles. The molecule has 1 aromatic rings. The number of nitrogens with zero attached hydrogens (tertiary/aromatic N) is 1. The number of aromatic nitrogens is 1. The molecule has 1 heterocycles. The summed E-state index contributed by atoms with van der Waals surface area (Å²) in [7, 11) is 0. The van der Waals surface area contributed by atoms with E-state index in [-0.39, 0.29) is 5.54 Å². The molecule has 0 spiro atoms. The van der Waals surface area contributed by atoms with Gasteiger partial charge in [-0.05, 0) is 30.9 Å². The van der Waals surface area contributed by atoms with E-state index in [0.29, 0.717) is 0 Å². The van der Waals surface area contributed by atoms with Crippen LogP contribution in [0.3, 0.4) is 0 Å². The van der Waals surface area contributed by atoms with E-state index in [9.17, 15) is 0 Å². The lowest BCUT2D eigenvalue weighted by atomic mass is 9.73. The summed E-state index contributed by atoms with van der Waals surface area (Å²) in [5.74, 6) is 0. The highest BCUT2D eigenvalue weighted by atomic mass is 14.8. The van der Waals surface area contributed by atoms with E-state index in [0.717, 1.165) is 12.8 Å². The third kappa shape index (κ3) is 1.03. The molecule has 0 unspecified atom stereocenters. The molecule has 1 aliphatic carbocycles. The van der Waals surface area contributed by atoms with Crippen LogP contribution in [0.5, 0.6) is 0 Å². The van der Waals surface area contributed by atoms with E-state index in [1.165, 1.54) is 12.0 Å². The molecule has 0 amide bonds. The van der Waals surface area contributed by atoms with Crippen LogP contribution < -0.4 is 5.73 Å². The lowest BCUT2D eigenvalue weighted by Crippen LogP contribution is -2.43. The first-order valence-electron chi connectivity index (χ1n) is 4.01. The molecule has 1 aromatic heterocycles. The Morgan fingerprint density at radius 1 is 1.45 bits per heavy atom. The first kappa shape index (κ1) is 6.80. The van der Waals surface area contributed by atoms with E-state index < -0.39 is 0 Å². The van der Waals surface area contributed by atoms with Crippen molar-refractivity contribution in [2.45, 2.75) is 24.8 Å². The molecule has 2 nitrogen and oxygen atoms in total. The van der Waals surface area contributed by atoms with E-state index in [4.69, 9.17) is 5.73 Å². The van der Waals surface area contributed by atoms with Crippen molar-refractivity contribution in [3.05, 3.63) is 30.1 Å². The molecule has 11 heavy (non-hydrogen) atoms. The molecule has 0 aliphatic heterocycles. The van der Waals surface area contributed by atoms with Crippen molar-refractivity contribution < 1.29 is 0 Å². The van der Waals surface area contributed by atoms with E-state index in [1.807, 2.05) is 12.3 Å². The highest BCUT2D eigenvalue weighted by Gasteiger charge is 2.34. The summed E-state index contributed by atoms with van der Waals surface area (Å²) in [6.07, 6.45) is 7.13. The molecule has 0 radical (unpaired) electrons. The Morgan fingerprint density at radius 2 is 2.27 bits per heavy atom.